The fraction of sp³-hybridized carbons (Fsp3) is 0.733. The molecule has 0 amide bonds. The maximum Gasteiger partial charge on any atom is -0.0171 e. The molecule has 0 aromatic carbocycles. The minimum atomic E-state index is 0.764. The minimum absolute atomic E-state index is 0.764. The summed E-state index contributed by atoms with van der Waals surface area (Å²) in [5.74, 6) is 2.58. The van der Waals surface area contributed by atoms with Gasteiger partial charge in [-0.2, -0.15) is 0 Å². The highest BCUT2D eigenvalue weighted by atomic mass is 14.4. The Morgan fingerprint density at radius 1 is 1.27 bits per heavy atom. The summed E-state index contributed by atoms with van der Waals surface area (Å²) in [5, 5.41) is 0. The van der Waals surface area contributed by atoms with E-state index in [2.05, 4.69) is 27.4 Å². The number of hydrogen-bond donors (Lipinski definition) is 0. The van der Waals surface area contributed by atoms with Crippen LogP contribution in [0.15, 0.2) is 23.3 Å². The van der Waals surface area contributed by atoms with Gasteiger partial charge in [0.1, 0.15) is 0 Å². The van der Waals surface area contributed by atoms with Crippen molar-refractivity contribution in [3.05, 3.63) is 23.3 Å². The Labute approximate surface area is 94.5 Å². The molecule has 0 unspecified atom stereocenters. The van der Waals surface area contributed by atoms with Crippen molar-refractivity contribution in [1.29, 1.82) is 0 Å². The quantitative estimate of drug-likeness (QED) is 0.542. The first-order chi connectivity index (χ1) is 7.09. The third kappa shape index (κ3) is 2.04. The Morgan fingerprint density at radius 2 is 2.00 bits per heavy atom. The molecule has 2 aliphatic carbocycles. The molecular formula is C15H24. The molecule has 0 aromatic heterocycles. The molecule has 0 nitrogen and oxygen atoms in total. The molecule has 15 heavy (non-hydrogen) atoms. The maximum absolute atomic E-state index is 4.16. The third-order valence-corrected chi connectivity index (χ3v) is 4.65. The SMILES string of the molecule is C=C(C)[C@@H]1CC[C@@H](C)[C@@H]2CCC(C)=C2C1. The van der Waals surface area contributed by atoms with Gasteiger partial charge in [0.15, 0.2) is 0 Å². The van der Waals surface area contributed by atoms with E-state index in [-0.39, 0.29) is 0 Å². The number of hydrogen-bond acceptors (Lipinski definition) is 0. The lowest BCUT2D eigenvalue weighted by Gasteiger charge is -2.19. The van der Waals surface area contributed by atoms with Gasteiger partial charge in [0, 0.05) is 0 Å². The van der Waals surface area contributed by atoms with Crippen LogP contribution in [0.3, 0.4) is 0 Å². The van der Waals surface area contributed by atoms with Gasteiger partial charge >= 0.3 is 0 Å². The molecule has 3 atom stereocenters. The minimum Gasteiger partial charge on any atom is -0.0998 e. The first kappa shape index (κ1) is 11.0. The lowest BCUT2D eigenvalue weighted by molar-refractivity contribution is 0.385. The van der Waals surface area contributed by atoms with Gasteiger partial charge in [-0.1, -0.05) is 30.2 Å². The first-order valence-electron chi connectivity index (χ1n) is 6.43. The Balaban J connectivity index is 2.23. The molecule has 0 saturated heterocycles. The van der Waals surface area contributed by atoms with Gasteiger partial charge in [0.2, 0.25) is 0 Å². The van der Waals surface area contributed by atoms with E-state index in [0.29, 0.717) is 0 Å². The van der Waals surface area contributed by atoms with Crippen molar-refractivity contribution in [3.8, 4) is 0 Å². The monoisotopic (exact) mass is 204 g/mol. The van der Waals surface area contributed by atoms with E-state index in [1.54, 1.807) is 11.1 Å². The van der Waals surface area contributed by atoms with Gasteiger partial charge in [-0.05, 0) is 63.7 Å². The van der Waals surface area contributed by atoms with Crippen molar-refractivity contribution in [2.75, 3.05) is 0 Å². The van der Waals surface area contributed by atoms with E-state index in [1.807, 2.05) is 0 Å². The standard InChI is InChI=1S/C15H24/c1-10(2)13-7-5-11(3)14-8-6-12(4)15(14)9-13/h11,13-14H,1,5-9H2,2-4H3/t11-,13-,14+/m1/s1. The second-order valence-electron chi connectivity index (χ2n) is 5.75. The Morgan fingerprint density at radius 3 is 2.67 bits per heavy atom. The van der Waals surface area contributed by atoms with Crippen molar-refractivity contribution in [3.63, 3.8) is 0 Å². The molecule has 0 aliphatic heterocycles. The van der Waals surface area contributed by atoms with Crippen LogP contribution in [0, 0.1) is 17.8 Å². The van der Waals surface area contributed by atoms with Crippen LogP contribution >= 0.6 is 0 Å². The zero-order valence-electron chi connectivity index (χ0n) is 10.5. The average Bonchev–Trinajstić information content (AvgIpc) is 2.43. The lowest BCUT2D eigenvalue weighted by atomic mass is 9.86. The van der Waals surface area contributed by atoms with E-state index >= 15 is 0 Å². The van der Waals surface area contributed by atoms with Crippen molar-refractivity contribution in [1.82, 2.24) is 0 Å². The van der Waals surface area contributed by atoms with Gasteiger partial charge in [-0.3, -0.25) is 0 Å². The third-order valence-electron chi connectivity index (χ3n) is 4.65. The fourth-order valence-corrected chi connectivity index (χ4v) is 3.43. The van der Waals surface area contributed by atoms with Gasteiger partial charge in [0.05, 0.1) is 0 Å². The van der Waals surface area contributed by atoms with E-state index < -0.39 is 0 Å². The normalized spacial score (nSPS) is 36.3. The molecule has 0 heteroatoms. The molecule has 0 bridgehead atoms. The van der Waals surface area contributed by atoms with Gasteiger partial charge in [0.25, 0.3) is 0 Å². The van der Waals surface area contributed by atoms with Gasteiger partial charge in [-0.25, -0.2) is 0 Å². The summed E-state index contributed by atoms with van der Waals surface area (Å²) in [7, 11) is 0. The Kier molecular flexibility index (Phi) is 3.04. The van der Waals surface area contributed by atoms with Crippen LogP contribution in [0.25, 0.3) is 0 Å². The predicted molar refractivity (Wildman–Crippen MR) is 66.7 cm³/mol. The number of allylic oxidation sites excluding steroid dienone is 3. The highest BCUT2D eigenvalue weighted by Crippen LogP contribution is 2.46. The average molecular weight is 204 g/mol. The van der Waals surface area contributed by atoms with Crippen molar-refractivity contribution in [2.45, 2.75) is 52.9 Å². The molecule has 0 aromatic rings. The molecule has 0 radical (unpaired) electrons. The summed E-state index contributed by atoms with van der Waals surface area (Å²) in [6, 6.07) is 0. The molecular weight excluding hydrogens is 180 g/mol. The van der Waals surface area contributed by atoms with Crippen molar-refractivity contribution < 1.29 is 0 Å². The topological polar surface area (TPSA) is 0 Å². The molecule has 0 spiro atoms. The summed E-state index contributed by atoms with van der Waals surface area (Å²) in [6.45, 7) is 11.2. The molecule has 1 saturated carbocycles. The predicted octanol–water partition coefficient (Wildman–Crippen LogP) is 4.73. The van der Waals surface area contributed by atoms with Crippen LogP contribution in [-0.2, 0) is 0 Å². The Bertz CT molecular complexity index is 295. The molecule has 84 valence electrons. The second kappa shape index (κ2) is 4.15. The van der Waals surface area contributed by atoms with Crippen LogP contribution in [0.5, 0.6) is 0 Å². The number of rotatable bonds is 1. The Hall–Kier alpha value is -0.520. The summed E-state index contributed by atoms with van der Waals surface area (Å²) < 4.78 is 0. The van der Waals surface area contributed by atoms with E-state index in [9.17, 15) is 0 Å². The zero-order valence-corrected chi connectivity index (χ0v) is 10.5. The highest BCUT2D eigenvalue weighted by molar-refractivity contribution is 5.25. The number of fused-ring (bicyclic) bond motifs is 1. The van der Waals surface area contributed by atoms with Crippen molar-refractivity contribution >= 4 is 0 Å². The van der Waals surface area contributed by atoms with Gasteiger partial charge < -0.3 is 0 Å². The molecule has 0 heterocycles. The van der Waals surface area contributed by atoms with Crippen LogP contribution in [0.4, 0.5) is 0 Å². The second-order valence-corrected chi connectivity index (χ2v) is 5.75. The van der Waals surface area contributed by atoms with E-state index in [4.69, 9.17) is 0 Å². The summed E-state index contributed by atoms with van der Waals surface area (Å²) >= 11 is 0. The van der Waals surface area contributed by atoms with Crippen LogP contribution < -0.4 is 0 Å². The zero-order chi connectivity index (χ0) is 11.0. The lowest BCUT2D eigenvalue weighted by Crippen LogP contribution is -2.08. The van der Waals surface area contributed by atoms with Crippen LogP contribution in [0.1, 0.15) is 52.9 Å². The molecule has 0 N–H and O–H groups in total. The molecule has 2 rings (SSSR count). The summed E-state index contributed by atoms with van der Waals surface area (Å²) in [5.41, 5.74) is 4.89. The van der Waals surface area contributed by atoms with E-state index in [1.165, 1.54) is 37.7 Å². The summed E-state index contributed by atoms with van der Waals surface area (Å²) in [6.07, 6.45) is 6.86. The van der Waals surface area contributed by atoms with Crippen LogP contribution in [0.2, 0.25) is 0 Å². The highest BCUT2D eigenvalue weighted by Gasteiger charge is 2.32. The van der Waals surface area contributed by atoms with Crippen LogP contribution in [-0.4, -0.2) is 0 Å². The molecule has 2 aliphatic rings. The largest absolute Gasteiger partial charge is 0.0998 e. The molecule has 1 fully saturated rings. The maximum atomic E-state index is 4.16. The van der Waals surface area contributed by atoms with Crippen molar-refractivity contribution in [2.24, 2.45) is 17.8 Å². The fourth-order valence-electron chi connectivity index (χ4n) is 3.43. The van der Waals surface area contributed by atoms with E-state index in [0.717, 1.165) is 17.8 Å². The smallest absolute Gasteiger partial charge is 0.0171 e. The first-order valence-corrected chi connectivity index (χ1v) is 6.43. The van der Waals surface area contributed by atoms with Gasteiger partial charge in [-0.15, -0.1) is 0 Å². The summed E-state index contributed by atoms with van der Waals surface area (Å²) in [4.78, 5) is 0.